The third kappa shape index (κ3) is 2.96. The molecule has 3 rings (SSSR count). The molecule has 0 bridgehead atoms. The van der Waals surface area contributed by atoms with Gasteiger partial charge in [0.1, 0.15) is 0 Å². The lowest BCUT2D eigenvalue weighted by molar-refractivity contribution is 0.103. The second-order valence-electron chi connectivity index (χ2n) is 5.22. The average Bonchev–Trinajstić information content (AvgIpc) is 3.14. The van der Waals surface area contributed by atoms with Gasteiger partial charge in [0.05, 0.1) is 10.6 Å². The highest BCUT2D eigenvalue weighted by atomic mass is 32.1. The van der Waals surface area contributed by atoms with E-state index in [0.29, 0.717) is 10.0 Å². The van der Waals surface area contributed by atoms with E-state index in [1.807, 2.05) is 22.9 Å². The van der Waals surface area contributed by atoms with Gasteiger partial charge in [-0.2, -0.15) is 0 Å². The predicted molar refractivity (Wildman–Crippen MR) is 94.0 cm³/mol. The molecule has 0 spiro atoms. The maximum Gasteiger partial charge on any atom is 0.267 e. The zero-order chi connectivity index (χ0) is 15.7. The van der Waals surface area contributed by atoms with Crippen LogP contribution in [0.2, 0.25) is 0 Å². The molecule has 0 unspecified atom stereocenters. The van der Waals surface area contributed by atoms with Crippen molar-refractivity contribution in [1.29, 1.82) is 0 Å². The largest absolute Gasteiger partial charge is 0.297 e. The van der Waals surface area contributed by atoms with Gasteiger partial charge in [-0.3, -0.25) is 10.1 Å². The molecule has 22 heavy (non-hydrogen) atoms. The summed E-state index contributed by atoms with van der Waals surface area (Å²) in [5.41, 5.74) is 5.76. The van der Waals surface area contributed by atoms with E-state index in [-0.39, 0.29) is 5.91 Å². The molecule has 1 N–H and O–H groups in total. The first kappa shape index (κ1) is 14.9. The summed E-state index contributed by atoms with van der Waals surface area (Å²) in [5.74, 6) is -0.104. The maximum absolute atomic E-state index is 12.1. The van der Waals surface area contributed by atoms with E-state index in [4.69, 9.17) is 0 Å². The van der Waals surface area contributed by atoms with Crippen molar-refractivity contribution in [3.8, 4) is 11.3 Å². The van der Waals surface area contributed by atoms with Gasteiger partial charge >= 0.3 is 0 Å². The number of aryl methyl sites for hydroxylation is 3. The number of thiophene rings is 1. The zero-order valence-electron chi connectivity index (χ0n) is 12.6. The standard InChI is InChI=1S/C17H16N2OS2/c1-10-7-12(3)13(8-11(10)2)14-9-22-17(18-14)19-16(20)15-5-4-6-21-15/h4-9H,1-3H3,(H,18,19,20). The first-order chi connectivity index (χ1) is 10.5. The molecule has 0 fully saturated rings. The number of hydrogen-bond acceptors (Lipinski definition) is 4. The third-order valence-corrected chi connectivity index (χ3v) is 5.21. The summed E-state index contributed by atoms with van der Waals surface area (Å²) < 4.78 is 0. The van der Waals surface area contributed by atoms with E-state index in [9.17, 15) is 4.79 Å². The van der Waals surface area contributed by atoms with Crippen LogP contribution in [0.15, 0.2) is 35.0 Å². The molecular formula is C17H16N2OS2. The Labute approximate surface area is 137 Å². The Morgan fingerprint density at radius 3 is 2.59 bits per heavy atom. The summed E-state index contributed by atoms with van der Waals surface area (Å²) in [7, 11) is 0. The van der Waals surface area contributed by atoms with Crippen molar-refractivity contribution in [2.45, 2.75) is 20.8 Å². The number of carbonyl (C=O) groups excluding carboxylic acids is 1. The van der Waals surface area contributed by atoms with Gasteiger partial charge in [0.25, 0.3) is 5.91 Å². The Kier molecular flexibility index (Phi) is 4.09. The highest BCUT2D eigenvalue weighted by molar-refractivity contribution is 7.14. The van der Waals surface area contributed by atoms with Crippen molar-refractivity contribution in [2.24, 2.45) is 0 Å². The van der Waals surface area contributed by atoms with Crippen LogP contribution in [0, 0.1) is 20.8 Å². The Morgan fingerprint density at radius 1 is 1.09 bits per heavy atom. The topological polar surface area (TPSA) is 42.0 Å². The summed E-state index contributed by atoms with van der Waals surface area (Å²) in [6.07, 6.45) is 0. The normalized spacial score (nSPS) is 10.7. The van der Waals surface area contributed by atoms with Crippen LogP contribution in [0.5, 0.6) is 0 Å². The maximum atomic E-state index is 12.1. The van der Waals surface area contributed by atoms with Gasteiger partial charge in [-0.05, 0) is 55.0 Å². The molecule has 2 aromatic heterocycles. The van der Waals surface area contributed by atoms with Gasteiger partial charge in [-0.15, -0.1) is 22.7 Å². The third-order valence-electron chi connectivity index (χ3n) is 3.59. The van der Waals surface area contributed by atoms with Gasteiger partial charge in [0.15, 0.2) is 5.13 Å². The van der Waals surface area contributed by atoms with E-state index in [2.05, 4.69) is 43.2 Å². The molecule has 0 aliphatic heterocycles. The van der Waals surface area contributed by atoms with Crippen LogP contribution in [-0.2, 0) is 0 Å². The summed E-state index contributed by atoms with van der Waals surface area (Å²) >= 11 is 2.87. The summed E-state index contributed by atoms with van der Waals surface area (Å²) in [4.78, 5) is 17.3. The van der Waals surface area contributed by atoms with Crippen LogP contribution in [-0.4, -0.2) is 10.9 Å². The number of aromatic nitrogens is 1. The van der Waals surface area contributed by atoms with Crippen molar-refractivity contribution in [2.75, 3.05) is 5.32 Å². The Bertz CT molecular complexity index is 819. The molecule has 0 aliphatic rings. The summed E-state index contributed by atoms with van der Waals surface area (Å²) in [6, 6.07) is 8.01. The highest BCUT2D eigenvalue weighted by Crippen LogP contribution is 2.29. The van der Waals surface area contributed by atoms with Crippen LogP contribution in [0.3, 0.4) is 0 Å². The molecule has 1 amide bonds. The van der Waals surface area contributed by atoms with Crippen molar-refractivity contribution < 1.29 is 4.79 Å². The van der Waals surface area contributed by atoms with Gasteiger partial charge in [0.2, 0.25) is 0 Å². The van der Waals surface area contributed by atoms with Gasteiger partial charge in [-0.25, -0.2) is 4.98 Å². The number of nitrogens with zero attached hydrogens (tertiary/aromatic N) is 1. The minimum Gasteiger partial charge on any atom is -0.297 e. The van der Waals surface area contributed by atoms with E-state index in [1.54, 1.807) is 0 Å². The lowest BCUT2D eigenvalue weighted by Crippen LogP contribution is -2.09. The monoisotopic (exact) mass is 328 g/mol. The van der Waals surface area contributed by atoms with Crippen LogP contribution in [0.25, 0.3) is 11.3 Å². The molecule has 0 aliphatic carbocycles. The van der Waals surface area contributed by atoms with Gasteiger partial charge in [0, 0.05) is 10.9 Å². The minimum absolute atomic E-state index is 0.104. The molecule has 0 saturated heterocycles. The number of hydrogen-bond donors (Lipinski definition) is 1. The second kappa shape index (κ2) is 6.02. The molecule has 3 nitrogen and oxygen atoms in total. The van der Waals surface area contributed by atoms with Crippen molar-refractivity contribution in [3.05, 3.63) is 56.6 Å². The van der Waals surface area contributed by atoms with E-state index >= 15 is 0 Å². The predicted octanol–water partition coefficient (Wildman–Crippen LogP) is 5.05. The smallest absolute Gasteiger partial charge is 0.267 e. The Hall–Kier alpha value is -1.98. The lowest BCUT2D eigenvalue weighted by Gasteiger charge is -2.07. The van der Waals surface area contributed by atoms with E-state index in [1.165, 1.54) is 39.4 Å². The number of benzene rings is 1. The number of amides is 1. The van der Waals surface area contributed by atoms with Crippen LogP contribution in [0.4, 0.5) is 5.13 Å². The Morgan fingerprint density at radius 2 is 1.86 bits per heavy atom. The van der Waals surface area contributed by atoms with E-state index in [0.717, 1.165) is 11.3 Å². The molecule has 5 heteroatoms. The molecule has 2 heterocycles. The fraction of sp³-hybridized carbons (Fsp3) is 0.176. The molecule has 0 atom stereocenters. The minimum atomic E-state index is -0.104. The Balaban J connectivity index is 1.85. The number of thiazole rings is 1. The van der Waals surface area contributed by atoms with Crippen molar-refractivity contribution in [1.82, 2.24) is 4.98 Å². The first-order valence-corrected chi connectivity index (χ1v) is 8.69. The fourth-order valence-electron chi connectivity index (χ4n) is 2.26. The number of nitrogens with one attached hydrogen (secondary N) is 1. The van der Waals surface area contributed by atoms with Gasteiger partial charge in [-0.1, -0.05) is 12.1 Å². The summed E-state index contributed by atoms with van der Waals surface area (Å²) in [6.45, 7) is 6.30. The van der Waals surface area contributed by atoms with Crippen LogP contribution in [0.1, 0.15) is 26.4 Å². The van der Waals surface area contributed by atoms with Crippen molar-refractivity contribution >= 4 is 33.7 Å². The number of rotatable bonds is 3. The van der Waals surface area contributed by atoms with Crippen LogP contribution < -0.4 is 5.32 Å². The van der Waals surface area contributed by atoms with Gasteiger partial charge < -0.3 is 0 Å². The van der Waals surface area contributed by atoms with Crippen molar-refractivity contribution in [3.63, 3.8) is 0 Å². The molecule has 112 valence electrons. The molecule has 1 aromatic carbocycles. The number of anilines is 1. The molecule has 0 radical (unpaired) electrons. The number of carbonyl (C=O) groups is 1. The molecule has 3 aromatic rings. The fourth-order valence-corrected chi connectivity index (χ4v) is 3.58. The van der Waals surface area contributed by atoms with E-state index < -0.39 is 0 Å². The van der Waals surface area contributed by atoms with Crippen LogP contribution >= 0.6 is 22.7 Å². The average molecular weight is 328 g/mol. The molecular weight excluding hydrogens is 312 g/mol. The molecule has 0 saturated carbocycles. The summed E-state index contributed by atoms with van der Waals surface area (Å²) in [5, 5.41) is 7.37. The lowest BCUT2D eigenvalue weighted by atomic mass is 9.99. The second-order valence-corrected chi connectivity index (χ2v) is 7.03. The highest BCUT2D eigenvalue weighted by Gasteiger charge is 2.12. The quantitative estimate of drug-likeness (QED) is 0.731. The first-order valence-electron chi connectivity index (χ1n) is 6.93. The SMILES string of the molecule is Cc1cc(C)c(-c2csc(NC(=O)c3cccs3)n2)cc1C. The zero-order valence-corrected chi connectivity index (χ0v) is 14.3.